The number of carboxylic acid groups (broad SMARTS) is 1. The molecule has 12 N–H and O–H groups in total. The van der Waals surface area contributed by atoms with Gasteiger partial charge in [-0.05, 0) is 56.2 Å². The summed E-state index contributed by atoms with van der Waals surface area (Å²) in [6.45, 7) is 0.742. The second-order valence-corrected chi connectivity index (χ2v) is 14.3. The van der Waals surface area contributed by atoms with Crippen molar-refractivity contribution in [1.29, 1.82) is 0 Å². The van der Waals surface area contributed by atoms with Gasteiger partial charge in [-0.2, -0.15) is 11.8 Å². The molecular formula is C34H51N9O11S. The van der Waals surface area contributed by atoms with E-state index >= 15 is 0 Å². The molecule has 2 heterocycles. The number of benzene rings is 1. The first-order valence-electron chi connectivity index (χ1n) is 18.0. The highest BCUT2D eigenvalue weighted by atomic mass is 32.2. The Morgan fingerprint density at radius 3 is 2.18 bits per heavy atom. The second-order valence-electron chi connectivity index (χ2n) is 12.9. The minimum absolute atomic E-state index is 0.0354. The molecule has 1 aromatic rings. The summed E-state index contributed by atoms with van der Waals surface area (Å²) < 4.78 is 0. The summed E-state index contributed by atoms with van der Waals surface area (Å²) in [6.07, 6.45) is 1.30. The molecule has 0 bridgehead atoms. The smallest absolute Gasteiger partial charge is 0.305 e. The summed E-state index contributed by atoms with van der Waals surface area (Å²) in [5.41, 5.74) is 11.3. The predicted molar refractivity (Wildman–Crippen MR) is 199 cm³/mol. The molecule has 304 valence electrons. The number of phenolic OH excluding ortho intramolecular Hbond substituents is 1. The van der Waals surface area contributed by atoms with Crippen molar-refractivity contribution in [2.24, 2.45) is 16.5 Å². The maximum Gasteiger partial charge on any atom is 0.305 e. The summed E-state index contributed by atoms with van der Waals surface area (Å²) in [5.74, 6) is -5.36. The quantitative estimate of drug-likeness (QED) is 0.0342. The number of aliphatic imine (C=N–C) groups is 1. The average Bonchev–Trinajstić information content (AvgIpc) is 3.14. The van der Waals surface area contributed by atoms with Gasteiger partial charge in [-0.15, -0.1) is 0 Å². The highest BCUT2D eigenvalue weighted by molar-refractivity contribution is 7.99. The number of rotatable bonds is 17. The summed E-state index contributed by atoms with van der Waals surface area (Å²) in [6, 6.07) is 0.356. The van der Waals surface area contributed by atoms with E-state index in [1.165, 1.54) is 24.3 Å². The number of nitrogens with two attached hydrogens (primary N) is 2. The van der Waals surface area contributed by atoms with Crippen molar-refractivity contribution in [3.8, 4) is 5.75 Å². The van der Waals surface area contributed by atoms with Gasteiger partial charge in [-0.1, -0.05) is 12.1 Å². The molecule has 2 fully saturated rings. The number of carboxylic acids is 1. The highest BCUT2D eigenvalue weighted by Gasteiger charge is 2.33. The Kier molecular flexibility index (Phi) is 19.0. The van der Waals surface area contributed by atoms with Crippen molar-refractivity contribution < 1.29 is 53.5 Å². The third-order valence-electron chi connectivity index (χ3n) is 8.46. The number of hydrogen-bond acceptors (Lipinski definition) is 12. The van der Waals surface area contributed by atoms with Crippen LogP contribution in [0.1, 0.15) is 56.9 Å². The van der Waals surface area contributed by atoms with Gasteiger partial charge in [0.05, 0.1) is 26.2 Å². The van der Waals surface area contributed by atoms with Crippen LogP contribution in [0.25, 0.3) is 0 Å². The van der Waals surface area contributed by atoms with E-state index in [1.54, 1.807) is 11.8 Å². The molecule has 3 rings (SSSR count). The monoisotopic (exact) mass is 793 g/mol. The van der Waals surface area contributed by atoms with Gasteiger partial charge in [0.1, 0.15) is 29.9 Å². The SMILES string of the molecule is NC(N)=NCCC[C@@H]1NC(=O)[C@H](CCCCNC(=O)CCSC2CCOOC2)NC(=O)[C@@H](Cc2ccc(O)cc2)NC(=O)[C@H](CC(=O)O)NC(=O)CNC1=O. The van der Waals surface area contributed by atoms with Crippen LogP contribution >= 0.6 is 11.8 Å². The number of phenols is 1. The molecule has 21 heteroatoms. The molecule has 0 spiro atoms. The van der Waals surface area contributed by atoms with Crippen LogP contribution in [-0.2, 0) is 49.8 Å². The van der Waals surface area contributed by atoms with E-state index in [-0.39, 0.29) is 55.1 Å². The lowest BCUT2D eigenvalue weighted by atomic mass is 10.0. The standard InChI is InChI=1S/C34H51N9O11S/c35-34(36)38-13-3-5-23-30(49)39-18-28(46)40-26(17-29(47)48)33(52)43-25(16-20-6-8-21(44)9-7-20)32(51)42-24(31(50)41-23)4-1-2-12-37-27(45)11-15-55-22-10-14-53-54-19-22/h6-9,22-26,44H,1-5,10-19H2,(H,37,45)(H,39,49)(H,40,46)(H,41,50)(H,42,51)(H,43,52)(H,47,48)(H4,35,36,38)/t22?,23-,24-,25+,26-/m0/s1. The normalized spacial score (nSPS) is 22.7. The fourth-order valence-corrected chi connectivity index (χ4v) is 6.59. The van der Waals surface area contributed by atoms with Crippen LogP contribution in [-0.4, -0.2) is 126 Å². The molecule has 1 aromatic carbocycles. The van der Waals surface area contributed by atoms with Crippen LogP contribution in [0.2, 0.25) is 0 Å². The number of hydrogen-bond donors (Lipinski definition) is 10. The van der Waals surface area contributed by atoms with E-state index in [4.69, 9.17) is 21.2 Å². The van der Waals surface area contributed by atoms with Crippen molar-refractivity contribution in [3.63, 3.8) is 0 Å². The molecule has 0 radical (unpaired) electrons. The first kappa shape index (κ1) is 44.2. The lowest BCUT2D eigenvalue weighted by Gasteiger charge is -2.26. The predicted octanol–water partition coefficient (Wildman–Crippen LogP) is -2.34. The van der Waals surface area contributed by atoms with E-state index in [2.05, 4.69) is 36.9 Å². The third kappa shape index (κ3) is 17.2. The van der Waals surface area contributed by atoms with E-state index in [9.17, 15) is 43.8 Å². The van der Waals surface area contributed by atoms with Crippen molar-refractivity contribution in [3.05, 3.63) is 29.8 Å². The van der Waals surface area contributed by atoms with Crippen molar-refractivity contribution in [1.82, 2.24) is 31.9 Å². The summed E-state index contributed by atoms with van der Waals surface area (Å²) in [7, 11) is 0. The molecule has 2 saturated heterocycles. The zero-order valence-electron chi connectivity index (χ0n) is 30.4. The number of thioether (sulfide) groups is 1. The average molecular weight is 794 g/mol. The number of carbonyl (C=O) groups excluding carboxylic acids is 6. The van der Waals surface area contributed by atoms with E-state index < -0.39 is 72.6 Å². The number of nitrogens with one attached hydrogen (secondary N) is 6. The van der Waals surface area contributed by atoms with Crippen molar-refractivity contribution in [2.45, 2.75) is 87.2 Å². The topological polar surface area (TPSA) is 315 Å². The van der Waals surface area contributed by atoms with Crippen LogP contribution in [0.3, 0.4) is 0 Å². The minimum Gasteiger partial charge on any atom is -0.508 e. The molecule has 0 aromatic heterocycles. The number of guanidine groups is 1. The highest BCUT2D eigenvalue weighted by Crippen LogP contribution is 2.19. The Morgan fingerprint density at radius 1 is 0.855 bits per heavy atom. The second kappa shape index (κ2) is 23.6. The molecule has 55 heavy (non-hydrogen) atoms. The first-order chi connectivity index (χ1) is 26.3. The molecule has 0 aliphatic carbocycles. The lowest BCUT2D eigenvalue weighted by Crippen LogP contribution is -2.58. The fraction of sp³-hybridized carbons (Fsp3) is 0.588. The van der Waals surface area contributed by atoms with Gasteiger partial charge >= 0.3 is 5.97 Å². The Hall–Kier alpha value is -5.15. The van der Waals surface area contributed by atoms with Gasteiger partial charge in [0.2, 0.25) is 35.4 Å². The van der Waals surface area contributed by atoms with Crippen LogP contribution in [0, 0.1) is 0 Å². The Balaban J connectivity index is 1.79. The number of aliphatic carboxylic acids is 1. The van der Waals surface area contributed by atoms with Crippen LogP contribution < -0.4 is 43.4 Å². The van der Waals surface area contributed by atoms with Gasteiger partial charge in [-0.3, -0.25) is 38.6 Å². The van der Waals surface area contributed by atoms with E-state index in [0.717, 1.165) is 6.42 Å². The van der Waals surface area contributed by atoms with E-state index in [1.807, 2.05) is 0 Å². The number of aromatic hydroxyl groups is 1. The lowest BCUT2D eigenvalue weighted by molar-refractivity contribution is -0.310. The summed E-state index contributed by atoms with van der Waals surface area (Å²) in [4.78, 5) is 105. The summed E-state index contributed by atoms with van der Waals surface area (Å²) in [5, 5.41) is 34.8. The summed E-state index contributed by atoms with van der Waals surface area (Å²) >= 11 is 1.63. The van der Waals surface area contributed by atoms with Crippen molar-refractivity contribution >= 4 is 59.1 Å². The largest absolute Gasteiger partial charge is 0.508 e. The fourth-order valence-electron chi connectivity index (χ4n) is 5.54. The number of carbonyl (C=O) groups is 7. The maximum atomic E-state index is 13.9. The molecule has 0 saturated carbocycles. The van der Waals surface area contributed by atoms with Crippen LogP contribution in [0.4, 0.5) is 0 Å². The van der Waals surface area contributed by atoms with Crippen LogP contribution in [0.15, 0.2) is 29.3 Å². The number of unbranched alkanes of at least 4 members (excludes halogenated alkanes) is 1. The Bertz CT molecular complexity index is 1510. The Labute approximate surface area is 322 Å². The number of amides is 6. The van der Waals surface area contributed by atoms with Crippen molar-refractivity contribution in [2.75, 3.05) is 38.6 Å². The van der Waals surface area contributed by atoms with Gasteiger partial charge in [0.25, 0.3) is 0 Å². The zero-order valence-corrected chi connectivity index (χ0v) is 31.2. The third-order valence-corrected chi connectivity index (χ3v) is 9.74. The van der Waals surface area contributed by atoms with Gasteiger partial charge in [0.15, 0.2) is 5.96 Å². The molecule has 20 nitrogen and oxygen atoms in total. The zero-order chi connectivity index (χ0) is 40.2. The number of nitrogens with zero attached hydrogens (tertiary/aromatic N) is 1. The maximum absolute atomic E-state index is 13.9. The molecule has 1 unspecified atom stereocenters. The molecule has 6 amide bonds. The van der Waals surface area contributed by atoms with Gasteiger partial charge < -0.3 is 53.6 Å². The minimum atomic E-state index is -1.63. The van der Waals surface area contributed by atoms with Gasteiger partial charge in [0, 0.05) is 36.9 Å². The van der Waals surface area contributed by atoms with Gasteiger partial charge in [-0.25, -0.2) is 9.78 Å². The molecular weight excluding hydrogens is 742 g/mol. The van der Waals surface area contributed by atoms with Crippen LogP contribution in [0.5, 0.6) is 5.75 Å². The molecule has 2 aliphatic heterocycles. The Morgan fingerprint density at radius 2 is 1.51 bits per heavy atom. The first-order valence-corrected chi connectivity index (χ1v) is 19.0. The molecule has 5 atom stereocenters. The van der Waals surface area contributed by atoms with E-state index in [0.29, 0.717) is 50.3 Å². The molecule has 2 aliphatic rings.